The molecule has 0 aliphatic carbocycles. The first kappa shape index (κ1) is 12.0. The Balaban J connectivity index is 2.46. The predicted octanol–water partition coefficient (Wildman–Crippen LogP) is 1.43. The van der Waals surface area contributed by atoms with E-state index in [0.29, 0.717) is 13.1 Å². The number of hydrogen-bond donors (Lipinski definition) is 2. The minimum absolute atomic E-state index is 0.170. The Morgan fingerprint density at radius 3 is 2.67 bits per heavy atom. The highest BCUT2D eigenvalue weighted by Gasteiger charge is 2.15. The summed E-state index contributed by atoms with van der Waals surface area (Å²) in [4.78, 5) is 11.5. The van der Waals surface area contributed by atoms with E-state index in [1.54, 1.807) is 0 Å². The number of hydrogen-bond acceptors (Lipinski definition) is 2. The van der Waals surface area contributed by atoms with Gasteiger partial charge in [0.2, 0.25) is 5.91 Å². The van der Waals surface area contributed by atoms with Gasteiger partial charge in [-0.15, -0.1) is 11.6 Å². The first-order chi connectivity index (χ1) is 7.25. The summed E-state index contributed by atoms with van der Waals surface area (Å²) in [6, 6.07) is 9.27. The molecule has 82 valence electrons. The van der Waals surface area contributed by atoms with Crippen LogP contribution >= 0.6 is 11.6 Å². The summed E-state index contributed by atoms with van der Waals surface area (Å²) in [5, 5.41) is 2.11. The first-order valence-corrected chi connectivity index (χ1v) is 5.36. The smallest absolute Gasteiger partial charge is 0.242 e. The van der Waals surface area contributed by atoms with Gasteiger partial charge in [0, 0.05) is 6.54 Å². The monoisotopic (exact) mass is 226 g/mol. The Morgan fingerprint density at radius 1 is 1.40 bits per heavy atom. The summed E-state index contributed by atoms with van der Waals surface area (Å²) in [5.74, 6) is -0.170. The van der Waals surface area contributed by atoms with Crippen molar-refractivity contribution in [1.82, 2.24) is 5.32 Å². The minimum Gasteiger partial charge on any atom is -0.354 e. The molecule has 0 saturated carbocycles. The molecule has 3 N–H and O–H groups in total. The number of halogens is 1. The molecule has 1 rings (SSSR count). The number of carbonyl (C=O) groups excluding carboxylic acids is 1. The topological polar surface area (TPSA) is 55.1 Å². The van der Waals surface area contributed by atoms with Crippen molar-refractivity contribution < 1.29 is 4.79 Å². The number of rotatable bonds is 5. The molecule has 1 aromatic carbocycles. The quantitative estimate of drug-likeness (QED) is 0.590. The van der Waals surface area contributed by atoms with E-state index in [2.05, 4.69) is 5.32 Å². The first-order valence-electron chi connectivity index (χ1n) is 4.92. The van der Waals surface area contributed by atoms with E-state index < -0.39 is 5.38 Å². The van der Waals surface area contributed by atoms with Crippen molar-refractivity contribution in [2.24, 2.45) is 5.73 Å². The van der Waals surface area contributed by atoms with Gasteiger partial charge in [-0.3, -0.25) is 4.79 Å². The molecule has 0 spiro atoms. The maximum Gasteiger partial charge on any atom is 0.242 e. The van der Waals surface area contributed by atoms with E-state index in [-0.39, 0.29) is 5.91 Å². The van der Waals surface area contributed by atoms with Gasteiger partial charge in [-0.05, 0) is 18.5 Å². The van der Waals surface area contributed by atoms with Crippen LogP contribution in [0, 0.1) is 0 Å². The fraction of sp³-hybridized carbons (Fsp3) is 0.364. The lowest BCUT2D eigenvalue weighted by atomic mass is 10.1. The molecule has 1 aromatic rings. The number of benzene rings is 1. The van der Waals surface area contributed by atoms with Crippen LogP contribution in [0.4, 0.5) is 0 Å². The van der Waals surface area contributed by atoms with Gasteiger partial charge < -0.3 is 11.1 Å². The third-order valence-electron chi connectivity index (χ3n) is 2.00. The Labute approximate surface area is 94.6 Å². The zero-order chi connectivity index (χ0) is 11.1. The summed E-state index contributed by atoms with van der Waals surface area (Å²) in [5.41, 5.74) is 6.13. The van der Waals surface area contributed by atoms with Crippen molar-refractivity contribution in [1.29, 1.82) is 0 Å². The maximum absolute atomic E-state index is 11.5. The van der Waals surface area contributed by atoms with Crippen molar-refractivity contribution in [3.63, 3.8) is 0 Å². The van der Waals surface area contributed by atoms with E-state index in [1.165, 1.54) is 0 Å². The van der Waals surface area contributed by atoms with Crippen LogP contribution in [0.1, 0.15) is 17.4 Å². The van der Waals surface area contributed by atoms with Gasteiger partial charge in [-0.25, -0.2) is 0 Å². The molecule has 0 fully saturated rings. The number of nitrogens with two attached hydrogens (primary N) is 1. The fourth-order valence-electron chi connectivity index (χ4n) is 1.18. The van der Waals surface area contributed by atoms with Crippen LogP contribution in [0.15, 0.2) is 30.3 Å². The molecular weight excluding hydrogens is 212 g/mol. The van der Waals surface area contributed by atoms with Crippen molar-refractivity contribution in [3.8, 4) is 0 Å². The Kier molecular flexibility index (Phi) is 5.15. The summed E-state index contributed by atoms with van der Waals surface area (Å²) in [7, 11) is 0. The highest BCUT2D eigenvalue weighted by atomic mass is 35.5. The average molecular weight is 227 g/mol. The minimum atomic E-state index is -0.621. The van der Waals surface area contributed by atoms with E-state index in [0.717, 1.165) is 12.0 Å². The van der Waals surface area contributed by atoms with Gasteiger partial charge in [0.15, 0.2) is 0 Å². The van der Waals surface area contributed by atoms with Crippen molar-refractivity contribution in [2.75, 3.05) is 13.1 Å². The predicted molar refractivity (Wildman–Crippen MR) is 61.7 cm³/mol. The standard InChI is InChI=1S/C11H15ClN2O/c12-10(9-5-2-1-3-6-9)11(15)14-8-4-7-13/h1-3,5-6,10H,4,7-8,13H2,(H,14,15). The third kappa shape index (κ3) is 3.90. The molecule has 0 bridgehead atoms. The van der Waals surface area contributed by atoms with E-state index in [4.69, 9.17) is 17.3 Å². The third-order valence-corrected chi connectivity index (χ3v) is 2.45. The molecule has 0 aliphatic rings. The highest BCUT2D eigenvalue weighted by molar-refractivity contribution is 6.30. The lowest BCUT2D eigenvalue weighted by Gasteiger charge is -2.10. The molecule has 0 aliphatic heterocycles. The zero-order valence-electron chi connectivity index (χ0n) is 8.45. The maximum atomic E-state index is 11.5. The van der Waals surface area contributed by atoms with Crippen LogP contribution in [-0.2, 0) is 4.79 Å². The van der Waals surface area contributed by atoms with Crippen LogP contribution in [0.2, 0.25) is 0 Å². The van der Waals surface area contributed by atoms with Gasteiger partial charge in [-0.2, -0.15) is 0 Å². The van der Waals surface area contributed by atoms with Gasteiger partial charge in [0.05, 0.1) is 0 Å². The summed E-state index contributed by atoms with van der Waals surface area (Å²) in [6.45, 7) is 1.14. The molecule has 0 heterocycles. The van der Waals surface area contributed by atoms with Gasteiger partial charge in [0.25, 0.3) is 0 Å². The number of alkyl halides is 1. The summed E-state index contributed by atoms with van der Waals surface area (Å²) < 4.78 is 0. The molecule has 4 heteroatoms. The second-order valence-corrected chi connectivity index (χ2v) is 3.64. The fourth-order valence-corrected chi connectivity index (χ4v) is 1.40. The van der Waals surface area contributed by atoms with Crippen LogP contribution in [-0.4, -0.2) is 19.0 Å². The molecule has 15 heavy (non-hydrogen) atoms. The second-order valence-electron chi connectivity index (χ2n) is 3.21. The van der Waals surface area contributed by atoms with Gasteiger partial charge in [-0.1, -0.05) is 30.3 Å². The van der Waals surface area contributed by atoms with Gasteiger partial charge >= 0.3 is 0 Å². The SMILES string of the molecule is NCCCNC(=O)C(Cl)c1ccccc1. The van der Waals surface area contributed by atoms with E-state index in [1.807, 2.05) is 30.3 Å². The molecule has 3 nitrogen and oxygen atoms in total. The molecule has 1 amide bonds. The average Bonchev–Trinajstić information content (AvgIpc) is 2.29. The molecular formula is C11H15ClN2O. The van der Waals surface area contributed by atoms with Crippen LogP contribution < -0.4 is 11.1 Å². The molecule has 0 saturated heterocycles. The number of nitrogens with one attached hydrogen (secondary N) is 1. The van der Waals surface area contributed by atoms with E-state index >= 15 is 0 Å². The highest BCUT2D eigenvalue weighted by Crippen LogP contribution is 2.19. The number of amides is 1. The van der Waals surface area contributed by atoms with Crippen molar-refractivity contribution in [2.45, 2.75) is 11.8 Å². The normalized spacial score (nSPS) is 12.1. The number of carbonyl (C=O) groups is 1. The summed E-state index contributed by atoms with van der Waals surface area (Å²) in [6.07, 6.45) is 0.768. The van der Waals surface area contributed by atoms with Crippen LogP contribution in [0.25, 0.3) is 0 Å². The van der Waals surface area contributed by atoms with Gasteiger partial charge in [0.1, 0.15) is 5.38 Å². The van der Waals surface area contributed by atoms with Crippen molar-refractivity contribution >= 4 is 17.5 Å². The Morgan fingerprint density at radius 2 is 2.07 bits per heavy atom. The van der Waals surface area contributed by atoms with Crippen molar-refractivity contribution in [3.05, 3.63) is 35.9 Å². The lowest BCUT2D eigenvalue weighted by molar-refractivity contribution is -0.120. The molecule has 1 atom stereocenters. The van der Waals surface area contributed by atoms with Crippen LogP contribution in [0.5, 0.6) is 0 Å². The molecule has 1 unspecified atom stereocenters. The Bertz CT molecular complexity index is 303. The second kappa shape index (κ2) is 6.43. The largest absolute Gasteiger partial charge is 0.354 e. The summed E-state index contributed by atoms with van der Waals surface area (Å²) >= 11 is 5.99. The zero-order valence-corrected chi connectivity index (χ0v) is 9.20. The van der Waals surface area contributed by atoms with Crippen LogP contribution in [0.3, 0.4) is 0 Å². The molecule has 0 radical (unpaired) electrons. The Hall–Kier alpha value is -1.06. The lowest BCUT2D eigenvalue weighted by Crippen LogP contribution is -2.28. The molecule has 0 aromatic heterocycles. The van der Waals surface area contributed by atoms with E-state index in [9.17, 15) is 4.79 Å².